The van der Waals surface area contributed by atoms with Crippen molar-refractivity contribution in [2.45, 2.75) is 6.92 Å². The van der Waals surface area contributed by atoms with E-state index in [0.717, 1.165) is 4.70 Å². The third-order valence-electron chi connectivity index (χ3n) is 3.26. The van der Waals surface area contributed by atoms with Gasteiger partial charge in [0, 0.05) is 24.2 Å². The van der Waals surface area contributed by atoms with Crippen molar-refractivity contribution in [1.29, 1.82) is 0 Å². The second kappa shape index (κ2) is 6.67. The van der Waals surface area contributed by atoms with Crippen LogP contribution in [0.1, 0.15) is 17.3 Å². The second-order valence-corrected chi connectivity index (χ2v) is 6.08. The van der Waals surface area contributed by atoms with Gasteiger partial charge in [-0.25, -0.2) is 4.98 Å². The fourth-order valence-electron chi connectivity index (χ4n) is 2.22. The Balaban J connectivity index is 1.94. The second-order valence-electron chi connectivity index (χ2n) is 5.05. The molecular formula is C17H15N3O3S. The molecule has 7 heteroatoms. The van der Waals surface area contributed by atoms with Crippen LogP contribution >= 0.6 is 11.3 Å². The molecule has 0 aliphatic heterocycles. The highest BCUT2D eigenvalue weighted by atomic mass is 32.1. The van der Waals surface area contributed by atoms with Gasteiger partial charge in [0.15, 0.2) is 5.13 Å². The number of anilines is 2. The third kappa shape index (κ3) is 3.36. The lowest BCUT2D eigenvalue weighted by Gasteiger charge is -2.08. The summed E-state index contributed by atoms with van der Waals surface area (Å²) in [6.07, 6.45) is 0. The average molecular weight is 341 g/mol. The number of nitrogens with zero attached hydrogens (tertiary/aromatic N) is 1. The molecule has 0 atom stereocenters. The first-order chi connectivity index (χ1) is 11.6. The molecule has 122 valence electrons. The number of nitrogens with one attached hydrogen (secondary N) is 2. The molecular weight excluding hydrogens is 326 g/mol. The van der Waals surface area contributed by atoms with Gasteiger partial charge in [-0.2, -0.15) is 0 Å². The van der Waals surface area contributed by atoms with Crippen molar-refractivity contribution in [3.05, 3.63) is 48.0 Å². The topological polar surface area (TPSA) is 80.3 Å². The minimum atomic E-state index is -0.205. The van der Waals surface area contributed by atoms with Gasteiger partial charge in [-0.05, 0) is 18.2 Å². The lowest BCUT2D eigenvalue weighted by Crippen LogP contribution is -2.11. The lowest BCUT2D eigenvalue weighted by atomic mass is 10.2. The molecule has 3 aromatic rings. The molecule has 0 spiro atoms. The zero-order valence-corrected chi connectivity index (χ0v) is 13.9. The summed E-state index contributed by atoms with van der Waals surface area (Å²) in [6.45, 7) is 1.43. The molecule has 2 aromatic carbocycles. The van der Waals surface area contributed by atoms with E-state index in [1.807, 2.05) is 24.3 Å². The van der Waals surface area contributed by atoms with E-state index in [9.17, 15) is 9.59 Å². The lowest BCUT2D eigenvalue weighted by molar-refractivity contribution is -0.114. The van der Waals surface area contributed by atoms with E-state index < -0.39 is 0 Å². The highest BCUT2D eigenvalue weighted by Gasteiger charge is 2.13. The molecule has 0 aliphatic carbocycles. The van der Waals surface area contributed by atoms with Gasteiger partial charge in [0.2, 0.25) is 5.91 Å². The molecule has 0 bridgehead atoms. The highest BCUT2D eigenvalue weighted by Crippen LogP contribution is 2.35. The number of hydrogen-bond acceptors (Lipinski definition) is 5. The summed E-state index contributed by atoms with van der Waals surface area (Å²) >= 11 is 1.32. The Morgan fingerprint density at radius 3 is 2.54 bits per heavy atom. The summed E-state index contributed by atoms with van der Waals surface area (Å²) in [6, 6.07) is 12.5. The molecule has 2 amide bonds. The summed E-state index contributed by atoms with van der Waals surface area (Å²) in [5.41, 5.74) is 1.81. The number of rotatable bonds is 4. The number of amides is 2. The van der Waals surface area contributed by atoms with Crippen LogP contribution in [0.4, 0.5) is 10.8 Å². The molecule has 0 saturated carbocycles. The van der Waals surface area contributed by atoms with E-state index in [-0.39, 0.29) is 11.8 Å². The normalized spacial score (nSPS) is 10.4. The maximum absolute atomic E-state index is 12.3. The summed E-state index contributed by atoms with van der Waals surface area (Å²) in [5, 5.41) is 5.99. The number of methoxy groups -OCH3 is 1. The summed E-state index contributed by atoms with van der Waals surface area (Å²) in [5.74, 6) is 0.137. The van der Waals surface area contributed by atoms with Gasteiger partial charge in [-0.3, -0.25) is 9.59 Å². The Morgan fingerprint density at radius 2 is 1.88 bits per heavy atom. The molecule has 0 radical (unpaired) electrons. The van der Waals surface area contributed by atoms with E-state index >= 15 is 0 Å². The largest absolute Gasteiger partial charge is 0.494 e. The van der Waals surface area contributed by atoms with Crippen LogP contribution in [0.3, 0.4) is 0 Å². The van der Waals surface area contributed by atoms with Crippen LogP contribution in [0.15, 0.2) is 42.5 Å². The molecule has 0 saturated heterocycles. The quantitative estimate of drug-likeness (QED) is 0.761. The van der Waals surface area contributed by atoms with Crippen molar-refractivity contribution in [2.24, 2.45) is 0 Å². The van der Waals surface area contributed by atoms with Crippen molar-refractivity contribution in [3.63, 3.8) is 0 Å². The van der Waals surface area contributed by atoms with Crippen LogP contribution in [0, 0.1) is 0 Å². The van der Waals surface area contributed by atoms with Crippen LogP contribution in [-0.4, -0.2) is 23.9 Å². The molecule has 2 N–H and O–H groups in total. The molecule has 0 fully saturated rings. The Morgan fingerprint density at radius 1 is 1.12 bits per heavy atom. The summed E-state index contributed by atoms with van der Waals surface area (Å²) in [7, 11) is 1.54. The number of fused-ring (bicyclic) bond motifs is 1. The fraction of sp³-hybridized carbons (Fsp3) is 0.118. The zero-order valence-electron chi connectivity index (χ0n) is 13.1. The minimum absolute atomic E-state index is 0.189. The first kappa shape index (κ1) is 15.9. The van der Waals surface area contributed by atoms with E-state index in [2.05, 4.69) is 15.6 Å². The predicted molar refractivity (Wildman–Crippen MR) is 94.9 cm³/mol. The van der Waals surface area contributed by atoms with Crippen molar-refractivity contribution >= 4 is 44.2 Å². The molecule has 0 unspecified atom stereocenters. The van der Waals surface area contributed by atoms with Crippen LogP contribution in [0.25, 0.3) is 10.2 Å². The number of benzene rings is 2. The minimum Gasteiger partial charge on any atom is -0.494 e. The number of aromatic nitrogens is 1. The van der Waals surface area contributed by atoms with Crippen LogP contribution < -0.4 is 15.4 Å². The highest BCUT2D eigenvalue weighted by molar-refractivity contribution is 7.22. The van der Waals surface area contributed by atoms with E-state index in [1.54, 1.807) is 18.2 Å². The molecule has 1 heterocycles. The standard InChI is InChI=1S/C17H15N3O3S/c1-10(21)18-17-20-15-13(23-2)8-12(9-14(15)24-17)19-16(22)11-6-4-3-5-7-11/h3-9H,1-2H3,(H,19,22)(H,18,20,21). The van der Waals surface area contributed by atoms with E-state index in [0.29, 0.717) is 27.6 Å². The van der Waals surface area contributed by atoms with Gasteiger partial charge in [0.1, 0.15) is 11.3 Å². The Hall–Kier alpha value is -2.93. The van der Waals surface area contributed by atoms with Crippen molar-refractivity contribution in [2.75, 3.05) is 17.7 Å². The van der Waals surface area contributed by atoms with Crippen molar-refractivity contribution < 1.29 is 14.3 Å². The Labute approximate surface area is 142 Å². The average Bonchev–Trinajstić information content (AvgIpc) is 2.96. The van der Waals surface area contributed by atoms with Crippen LogP contribution in [0.5, 0.6) is 5.75 Å². The van der Waals surface area contributed by atoms with Crippen molar-refractivity contribution in [1.82, 2.24) is 4.98 Å². The smallest absolute Gasteiger partial charge is 0.255 e. The van der Waals surface area contributed by atoms with Crippen molar-refractivity contribution in [3.8, 4) is 5.75 Å². The maximum atomic E-state index is 12.3. The number of carbonyl (C=O) groups excluding carboxylic acids is 2. The first-order valence-electron chi connectivity index (χ1n) is 7.19. The molecule has 3 rings (SSSR count). The zero-order chi connectivity index (χ0) is 17.1. The molecule has 1 aromatic heterocycles. The molecule has 6 nitrogen and oxygen atoms in total. The maximum Gasteiger partial charge on any atom is 0.255 e. The number of carbonyl (C=O) groups is 2. The Kier molecular flexibility index (Phi) is 4.43. The van der Waals surface area contributed by atoms with Crippen LogP contribution in [-0.2, 0) is 4.79 Å². The number of ether oxygens (including phenoxy) is 1. The van der Waals surface area contributed by atoms with Crippen LogP contribution in [0.2, 0.25) is 0 Å². The monoisotopic (exact) mass is 341 g/mol. The van der Waals surface area contributed by atoms with Gasteiger partial charge in [0.25, 0.3) is 5.91 Å². The van der Waals surface area contributed by atoms with E-state index in [1.165, 1.54) is 25.4 Å². The molecule has 24 heavy (non-hydrogen) atoms. The van der Waals surface area contributed by atoms with Gasteiger partial charge in [-0.15, -0.1) is 0 Å². The SMILES string of the molecule is COc1cc(NC(=O)c2ccccc2)cc2sc(NC(C)=O)nc12. The van der Waals surface area contributed by atoms with Gasteiger partial charge in [0.05, 0.1) is 11.8 Å². The first-order valence-corrected chi connectivity index (χ1v) is 8.01. The predicted octanol–water partition coefficient (Wildman–Crippen LogP) is 3.52. The fourth-order valence-corrected chi connectivity index (χ4v) is 3.19. The summed E-state index contributed by atoms with van der Waals surface area (Å²) < 4.78 is 6.16. The third-order valence-corrected chi connectivity index (χ3v) is 4.17. The summed E-state index contributed by atoms with van der Waals surface area (Å²) in [4.78, 5) is 27.8. The van der Waals surface area contributed by atoms with Gasteiger partial charge in [-0.1, -0.05) is 29.5 Å². The number of thiazole rings is 1. The number of hydrogen-bond donors (Lipinski definition) is 2. The van der Waals surface area contributed by atoms with E-state index in [4.69, 9.17) is 4.74 Å². The van der Waals surface area contributed by atoms with Gasteiger partial charge < -0.3 is 15.4 Å². The molecule has 0 aliphatic rings. The Bertz CT molecular complexity index is 906. The van der Waals surface area contributed by atoms with Gasteiger partial charge >= 0.3 is 0 Å².